The third kappa shape index (κ3) is 2.90. The Bertz CT molecular complexity index is 837. The molecule has 0 saturated carbocycles. The van der Waals surface area contributed by atoms with Crippen molar-refractivity contribution in [1.29, 1.82) is 5.26 Å². The highest BCUT2D eigenvalue weighted by atomic mass is 127. The Morgan fingerprint density at radius 1 is 1.38 bits per heavy atom. The van der Waals surface area contributed by atoms with Crippen LogP contribution in [0.1, 0.15) is 30.7 Å². The minimum absolute atomic E-state index is 0.0115. The molecule has 2 N–H and O–H groups in total. The van der Waals surface area contributed by atoms with Crippen molar-refractivity contribution in [3.8, 4) is 11.8 Å². The van der Waals surface area contributed by atoms with Gasteiger partial charge in [-0.15, -0.1) is 0 Å². The number of carbonyl (C=O) groups is 1. The van der Waals surface area contributed by atoms with Crippen molar-refractivity contribution in [2.75, 3.05) is 7.11 Å². The standard InChI is InChI=1S/C17H14I2N2O3/c1-23-16-9(5-8(18)6-11(16)19)14-10(7-20)17(21)24-13-4-2-3-12(22)15(13)14/h5-6,14H,2-4,21H2,1H3/t14-/m0/s1. The molecule has 24 heavy (non-hydrogen) atoms. The molecule has 1 heterocycles. The van der Waals surface area contributed by atoms with Gasteiger partial charge >= 0.3 is 0 Å². The van der Waals surface area contributed by atoms with Crippen LogP contribution in [0.3, 0.4) is 0 Å². The zero-order chi connectivity index (χ0) is 17.4. The first-order valence-electron chi connectivity index (χ1n) is 7.34. The topological polar surface area (TPSA) is 85.3 Å². The van der Waals surface area contributed by atoms with Gasteiger partial charge in [0, 0.05) is 27.5 Å². The van der Waals surface area contributed by atoms with Crippen LogP contribution < -0.4 is 10.5 Å². The van der Waals surface area contributed by atoms with Crippen molar-refractivity contribution in [3.05, 3.63) is 47.6 Å². The number of halogens is 2. The Hall–Kier alpha value is -1.28. The van der Waals surface area contributed by atoms with Crippen LogP contribution in [-0.2, 0) is 9.53 Å². The maximum Gasteiger partial charge on any atom is 0.205 e. The van der Waals surface area contributed by atoms with E-state index in [-0.39, 0.29) is 17.2 Å². The maximum absolute atomic E-state index is 12.6. The lowest BCUT2D eigenvalue weighted by Crippen LogP contribution is -2.27. The molecule has 124 valence electrons. The average Bonchev–Trinajstić information content (AvgIpc) is 2.53. The van der Waals surface area contributed by atoms with E-state index < -0.39 is 5.92 Å². The van der Waals surface area contributed by atoms with E-state index in [2.05, 4.69) is 51.3 Å². The number of hydrogen-bond donors (Lipinski definition) is 1. The molecule has 0 radical (unpaired) electrons. The van der Waals surface area contributed by atoms with Crippen LogP contribution in [0.15, 0.2) is 34.9 Å². The molecule has 0 fully saturated rings. The van der Waals surface area contributed by atoms with Crippen LogP contribution in [0.5, 0.6) is 5.75 Å². The number of rotatable bonds is 2. The minimum atomic E-state index is -0.537. The normalized spacial score (nSPS) is 20.4. The number of nitrogens with zero attached hydrogens (tertiary/aromatic N) is 1. The van der Waals surface area contributed by atoms with Crippen molar-refractivity contribution in [2.24, 2.45) is 5.73 Å². The summed E-state index contributed by atoms with van der Waals surface area (Å²) < 4.78 is 13.1. The number of benzene rings is 1. The smallest absolute Gasteiger partial charge is 0.205 e. The summed E-state index contributed by atoms with van der Waals surface area (Å²) in [5.74, 6) is 0.798. The number of hydrogen-bond acceptors (Lipinski definition) is 5. The third-order valence-corrected chi connectivity index (χ3v) is 5.58. The number of ether oxygens (including phenoxy) is 2. The number of Topliss-reactive ketones (excluding diaryl/α,β-unsaturated/α-hetero) is 1. The highest BCUT2D eigenvalue weighted by Gasteiger charge is 2.39. The largest absolute Gasteiger partial charge is 0.495 e. The number of ketones is 1. The molecule has 0 bridgehead atoms. The van der Waals surface area contributed by atoms with E-state index in [1.165, 1.54) is 0 Å². The predicted octanol–water partition coefficient (Wildman–Crippen LogP) is 3.72. The lowest BCUT2D eigenvalue weighted by Gasteiger charge is -2.31. The summed E-state index contributed by atoms with van der Waals surface area (Å²) in [7, 11) is 1.59. The van der Waals surface area contributed by atoms with Gasteiger partial charge in [-0.1, -0.05) is 0 Å². The molecular formula is C17H14I2N2O3. The molecule has 1 atom stereocenters. The van der Waals surface area contributed by atoms with Crippen molar-refractivity contribution >= 4 is 51.0 Å². The van der Waals surface area contributed by atoms with E-state index >= 15 is 0 Å². The number of methoxy groups -OCH3 is 1. The van der Waals surface area contributed by atoms with E-state index in [1.807, 2.05) is 12.1 Å². The molecule has 7 heteroatoms. The van der Waals surface area contributed by atoms with Gasteiger partial charge in [0.25, 0.3) is 0 Å². The molecule has 1 aromatic rings. The summed E-state index contributed by atoms with van der Waals surface area (Å²) in [4.78, 5) is 12.6. The molecule has 0 spiro atoms. The van der Waals surface area contributed by atoms with Gasteiger partial charge in [0.05, 0.1) is 16.6 Å². The van der Waals surface area contributed by atoms with Crippen molar-refractivity contribution < 1.29 is 14.3 Å². The second-order valence-corrected chi connectivity index (χ2v) is 7.96. The van der Waals surface area contributed by atoms with Crippen LogP contribution >= 0.6 is 45.2 Å². The van der Waals surface area contributed by atoms with E-state index in [9.17, 15) is 10.1 Å². The molecule has 2 aliphatic rings. The van der Waals surface area contributed by atoms with Gasteiger partial charge in [-0.05, 0) is 63.7 Å². The van der Waals surface area contributed by atoms with Gasteiger partial charge in [0.1, 0.15) is 23.2 Å². The number of nitriles is 1. The number of allylic oxidation sites excluding steroid dienone is 3. The Morgan fingerprint density at radius 2 is 2.12 bits per heavy atom. The van der Waals surface area contributed by atoms with Crippen molar-refractivity contribution in [1.82, 2.24) is 0 Å². The average molecular weight is 548 g/mol. The van der Waals surface area contributed by atoms with E-state index in [0.29, 0.717) is 29.9 Å². The molecule has 5 nitrogen and oxygen atoms in total. The third-order valence-electron chi connectivity index (χ3n) is 4.16. The predicted molar refractivity (Wildman–Crippen MR) is 105 cm³/mol. The molecule has 0 unspecified atom stereocenters. The molecule has 1 aliphatic carbocycles. The molecule has 1 aliphatic heterocycles. The lowest BCUT2D eigenvalue weighted by molar-refractivity contribution is -0.116. The molecule has 3 rings (SSSR count). The zero-order valence-electron chi connectivity index (χ0n) is 12.9. The van der Waals surface area contributed by atoms with Gasteiger partial charge in [0.15, 0.2) is 5.78 Å². The summed E-state index contributed by atoms with van der Waals surface area (Å²) in [6.45, 7) is 0. The molecule has 0 saturated heterocycles. The fourth-order valence-electron chi connectivity index (χ4n) is 3.18. The van der Waals surface area contributed by atoms with Crippen LogP contribution in [0.25, 0.3) is 0 Å². The first-order valence-corrected chi connectivity index (χ1v) is 9.50. The number of nitrogens with two attached hydrogens (primary N) is 1. The fraction of sp³-hybridized carbons (Fsp3) is 0.294. The first-order chi connectivity index (χ1) is 11.5. The Morgan fingerprint density at radius 3 is 2.79 bits per heavy atom. The molecule has 0 amide bonds. The first kappa shape index (κ1) is 17.5. The summed E-state index contributed by atoms with van der Waals surface area (Å²) in [6, 6.07) is 6.05. The van der Waals surface area contributed by atoms with E-state index in [1.54, 1.807) is 7.11 Å². The summed E-state index contributed by atoms with van der Waals surface area (Å²) >= 11 is 4.41. The highest BCUT2D eigenvalue weighted by molar-refractivity contribution is 14.1. The summed E-state index contributed by atoms with van der Waals surface area (Å²) in [6.07, 6.45) is 1.85. The van der Waals surface area contributed by atoms with Gasteiger partial charge in [0.2, 0.25) is 5.88 Å². The maximum atomic E-state index is 12.6. The second-order valence-electron chi connectivity index (χ2n) is 5.55. The Balaban J connectivity index is 2.30. The lowest BCUT2D eigenvalue weighted by atomic mass is 9.77. The van der Waals surface area contributed by atoms with Crippen molar-refractivity contribution in [2.45, 2.75) is 25.2 Å². The highest BCUT2D eigenvalue weighted by Crippen LogP contribution is 2.47. The van der Waals surface area contributed by atoms with Crippen LogP contribution in [-0.4, -0.2) is 12.9 Å². The summed E-state index contributed by atoms with van der Waals surface area (Å²) in [5.41, 5.74) is 7.57. The Kier molecular flexibility index (Phi) is 5.05. The Labute approximate surface area is 167 Å². The van der Waals surface area contributed by atoms with Crippen molar-refractivity contribution in [3.63, 3.8) is 0 Å². The monoisotopic (exact) mass is 548 g/mol. The minimum Gasteiger partial charge on any atom is -0.495 e. The van der Waals surface area contributed by atoms with Gasteiger partial charge < -0.3 is 15.2 Å². The van der Waals surface area contributed by atoms with E-state index in [0.717, 1.165) is 19.1 Å². The van der Waals surface area contributed by atoms with Gasteiger partial charge in [-0.25, -0.2) is 0 Å². The fourth-order valence-corrected chi connectivity index (χ4v) is 5.29. The number of carbonyl (C=O) groups excluding carboxylic acids is 1. The summed E-state index contributed by atoms with van der Waals surface area (Å²) in [5, 5.41) is 9.63. The zero-order valence-corrected chi connectivity index (χ0v) is 17.2. The quantitative estimate of drug-likeness (QED) is 0.570. The molecule has 1 aromatic carbocycles. The second kappa shape index (κ2) is 6.92. The van der Waals surface area contributed by atoms with Gasteiger partial charge in [-0.3, -0.25) is 4.79 Å². The van der Waals surface area contributed by atoms with Crippen LogP contribution in [0.4, 0.5) is 0 Å². The van der Waals surface area contributed by atoms with Gasteiger partial charge in [-0.2, -0.15) is 5.26 Å². The van der Waals surface area contributed by atoms with E-state index in [4.69, 9.17) is 15.2 Å². The molecular weight excluding hydrogens is 534 g/mol. The molecule has 0 aromatic heterocycles. The van der Waals surface area contributed by atoms with Crippen LogP contribution in [0.2, 0.25) is 0 Å². The SMILES string of the molecule is COc1c(I)cc(I)cc1[C@H]1C(C#N)=C(N)OC2=C1C(=O)CCC2. The van der Waals surface area contributed by atoms with Crippen LogP contribution in [0, 0.1) is 18.5 Å².